The Morgan fingerprint density at radius 1 is 1.08 bits per heavy atom. The van der Waals surface area contributed by atoms with Gasteiger partial charge in [-0.2, -0.15) is 0 Å². The van der Waals surface area contributed by atoms with E-state index in [-0.39, 0.29) is 0 Å². The van der Waals surface area contributed by atoms with Gasteiger partial charge in [-0.05, 0) is 12.3 Å². The van der Waals surface area contributed by atoms with Crippen LogP contribution in [0.15, 0.2) is 30.3 Å². The highest BCUT2D eigenvalue weighted by Gasteiger charge is 2.15. The first kappa shape index (κ1) is 19.2. The summed E-state index contributed by atoms with van der Waals surface area (Å²) in [5.74, 6) is 2.51. The molecule has 0 radical (unpaired) electrons. The van der Waals surface area contributed by atoms with Crippen LogP contribution in [-0.2, 0) is 0 Å². The topological polar surface area (TPSA) is 18.5 Å². The molecule has 4 heteroatoms. The van der Waals surface area contributed by atoms with Gasteiger partial charge in [0.05, 0.1) is 17.5 Å². The van der Waals surface area contributed by atoms with Gasteiger partial charge < -0.3 is 9.47 Å². The van der Waals surface area contributed by atoms with E-state index in [4.69, 9.17) is 32.7 Å². The van der Waals surface area contributed by atoms with Crippen molar-refractivity contribution in [3.8, 4) is 11.5 Å². The van der Waals surface area contributed by atoms with Gasteiger partial charge in [-0.3, -0.25) is 0 Å². The first-order valence-corrected chi connectivity index (χ1v) is 9.65. The minimum Gasteiger partial charge on any atom is -0.492 e. The summed E-state index contributed by atoms with van der Waals surface area (Å²) >= 11 is 12.2. The molecule has 0 spiro atoms. The molecule has 0 aliphatic carbocycles. The van der Waals surface area contributed by atoms with Gasteiger partial charge >= 0.3 is 0 Å². The lowest BCUT2D eigenvalue weighted by Gasteiger charge is -2.19. The van der Waals surface area contributed by atoms with Crippen LogP contribution in [0.3, 0.4) is 0 Å². The molecular formula is C20H26Cl2O2. The molecule has 0 aliphatic heterocycles. The molecule has 2 nitrogen and oxygen atoms in total. The minimum absolute atomic E-state index is 0.444. The van der Waals surface area contributed by atoms with E-state index in [1.54, 1.807) is 0 Å². The lowest BCUT2D eigenvalue weighted by molar-refractivity contribution is 0.235. The van der Waals surface area contributed by atoms with E-state index in [1.165, 1.54) is 19.3 Å². The van der Waals surface area contributed by atoms with Crippen molar-refractivity contribution in [3.63, 3.8) is 0 Å². The molecule has 2 aromatic carbocycles. The average molecular weight is 369 g/mol. The van der Waals surface area contributed by atoms with Gasteiger partial charge in [0.15, 0.2) is 0 Å². The Labute approximate surface area is 155 Å². The summed E-state index contributed by atoms with van der Waals surface area (Å²) in [6.45, 7) is 5.59. The van der Waals surface area contributed by atoms with Crippen molar-refractivity contribution in [1.29, 1.82) is 0 Å². The second kappa shape index (κ2) is 10.0. The third kappa shape index (κ3) is 4.94. The molecule has 0 amide bonds. The number of unbranched alkanes of at least 4 members (excludes halogenated alkanes) is 1. The number of ether oxygens (including phenoxy) is 2. The third-order valence-corrected chi connectivity index (χ3v) is 4.69. The van der Waals surface area contributed by atoms with Crippen LogP contribution in [0.25, 0.3) is 10.8 Å². The summed E-state index contributed by atoms with van der Waals surface area (Å²) in [6.07, 6.45) is 4.76. The summed E-state index contributed by atoms with van der Waals surface area (Å²) in [6, 6.07) is 9.86. The normalized spacial score (nSPS) is 12.3. The van der Waals surface area contributed by atoms with E-state index in [0.29, 0.717) is 30.0 Å². The van der Waals surface area contributed by atoms with Gasteiger partial charge in [-0.15, -0.1) is 11.6 Å². The van der Waals surface area contributed by atoms with Crippen LogP contribution in [0, 0.1) is 5.92 Å². The van der Waals surface area contributed by atoms with Crippen LogP contribution in [0.5, 0.6) is 11.5 Å². The number of alkyl halides is 1. The van der Waals surface area contributed by atoms with Crippen molar-refractivity contribution in [2.75, 3.05) is 19.1 Å². The monoisotopic (exact) mass is 368 g/mol. The second-order valence-corrected chi connectivity index (χ2v) is 6.78. The van der Waals surface area contributed by atoms with E-state index >= 15 is 0 Å². The van der Waals surface area contributed by atoms with E-state index in [1.807, 2.05) is 30.3 Å². The first-order valence-electron chi connectivity index (χ1n) is 8.74. The van der Waals surface area contributed by atoms with E-state index in [2.05, 4.69) is 13.8 Å². The maximum atomic E-state index is 6.48. The Hall–Kier alpha value is -1.12. The highest BCUT2D eigenvalue weighted by Crippen LogP contribution is 2.40. The third-order valence-electron chi connectivity index (χ3n) is 4.25. The summed E-state index contributed by atoms with van der Waals surface area (Å²) in [5.41, 5.74) is 0. The van der Waals surface area contributed by atoms with Gasteiger partial charge in [-0.25, -0.2) is 0 Å². The van der Waals surface area contributed by atoms with Crippen molar-refractivity contribution in [2.45, 2.75) is 39.5 Å². The fourth-order valence-corrected chi connectivity index (χ4v) is 3.13. The molecule has 132 valence electrons. The zero-order valence-corrected chi connectivity index (χ0v) is 16.0. The average Bonchev–Trinajstić information content (AvgIpc) is 2.61. The lowest BCUT2D eigenvalue weighted by Crippen LogP contribution is -2.12. The molecule has 0 aromatic heterocycles. The van der Waals surface area contributed by atoms with Crippen molar-refractivity contribution in [1.82, 2.24) is 0 Å². The Morgan fingerprint density at radius 2 is 1.83 bits per heavy atom. The number of hydrogen-bond acceptors (Lipinski definition) is 2. The molecule has 0 fully saturated rings. The standard InChI is InChI=1S/C20H26Cl2O2/c1-3-5-8-15(4-2)14-24-20-17-10-7-6-9-16(17)19(13-18(20)22)23-12-11-21/h6-7,9-10,13,15H,3-5,8,11-12,14H2,1-2H3. The van der Waals surface area contributed by atoms with Gasteiger partial charge in [0.2, 0.25) is 0 Å². The number of fused-ring (bicyclic) bond motifs is 1. The first-order chi connectivity index (χ1) is 11.7. The smallest absolute Gasteiger partial charge is 0.145 e. The Balaban J connectivity index is 2.25. The summed E-state index contributed by atoms with van der Waals surface area (Å²) in [4.78, 5) is 0. The SMILES string of the molecule is CCCCC(CC)COc1c(Cl)cc(OCCCl)c2ccccc12. The molecule has 0 aliphatic rings. The zero-order chi connectivity index (χ0) is 17.4. The van der Waals surface area contributed by atoms with Crippen molar-refractivity contribution in [2.24, 2.45) is 5.92 Å². The van der Waals surface area contributed by atoms with Crippen molar-refractivity contribution >= 4 is 34.0 Å². The molecule has 0 saturated carbocycles. The molecule has 0 N–H and O–H groups in total. The lowest BCUT2D eigenvalue weighted by atomic mass is 10.0. The Kier molecular flexibility index (Phi) is 8.01. The minimum atomic E-state index is 0.444. The molecule has 0 bridgehead atoms. The highest BCUT2D eigenvalue weighted by atomic mass is 35.5. The van der Waals surface area contributed by atoms with Crippen LogP contribution >= 0.6 is 23.2 Å². The molecule has 24 heavy (non-hydrogen) atoms. The maximum Gasteiger partial charge on any atom is 0.145 e. The number of halogens is 2. The summed E-state index contributed by atoms with van der Waals surface area (Å²) in [5, 5.41) is 2.58. The van der Waals surface area contributed by atoms with Gasteiger partial charge in [-0.1, -0.05) is 69.0 Å². The predicted octanol–water partition coefficient (Wildman–Crippen LogP) is 6.71. The molecule has 1 unspecified atom stereocenters. The van der Waals surface area contributed by atoms with Crippen molar-refractivity contribution in [3.05, 3.63) is 35.4 Å². The van der Waals surface area contributed by atoms with Crippen LogP contribution in [0.4, 0.5) is 0 Å². The number of hydrogen-bond donors (Lipinski definition) is 0. The molecule has 0 heterocycles. The molecule has 2 aromatic rings. The van der Waals surface area contributed by atoms with Crippen molar-refractivity contribution < 1.29 is 9.47 Å². The number of rotatable bonds is 10. The van der Waals surface area contributed by atoms with Crippen LogP contribution in [0.1, 0.15) is 39.5 Å². The molecule has 2 rings (SSSR count). The van der Waals surface area contributed by atoms with E-state index < -0.39 is 0 Å². The largest absolute Gasteiger partial charge is 0.492 e. The van der Waals surface area contributed by atoms with Crippen LogP contribution < -0.4 is 9.47 Å². The Bertz CT molecular complexity index is 643. The zero-order valence-electron chi connectivity index (χ0n) is 14.5. The highest BCUT2D eigenvalue weighted by molar-refractivity contribution is 6.33. The van der Waals surface area contributed by atoms with Gasteiger partial charge in [0, 0.05) is 16.8 Å². The summed E-state index contributed by atoms with van der Waals surface area (Å²) in [7, 11) is 0. The van der Waals surface area contributed by atoms with Gasteiger partial charge in [0.25, 0.3) is 0 Å². The van der Waals surface area contributed by atoms with E-state index in [0.717, 1.165) is 28.7 Å². The molecule has 0 saturated heterocycles. The fourth-order valence-electron chi connectivity index (χ4n) is 2.80. The quantitative estimate of drug-likeness (QED) is 0.434. The molecular weight excluding hydrogens is 343 g/mol. The van der Waals surface area contributed by atoms with Crippen LogP contribution in [0.2, 0.25) is 5.02 Å². The fraction of sp³-hybridized carbons (Fsp3) is 0.500. The summed E-state index contributed by atoms with van der Waals surface area (Å²) < 4.78 is 11.9. The number of benzene rings is 2. The molecule has 1 atom stereocenters. The van der Waals surface area contributed by atoms with E-state index in [9.17, 15) is 0 Å². The Morgan fingerprint density at radius 3 is 2.50 bits per heavy atom. The second-order valence-electron chi connectivity index (χ2n) is 6.00. The van der Waals surface area contributed by atoms with Crippen LogP contribution in [-0.4, -0.2) is 19.1 Å². The predicted molar refractivity (Wildman–Crippen MR) is 104 cm³/mol. The van der Waals surface area contributed by atoms with Gasteiger partial charge in [0.1, 0.15) is 18.1 Å². The maximum absolute atomic E-state index is 6.48.